The SMILES string of the molecule is S=c1[nH]c2c(Br)cccc2n1C1CCNCC1. The molecule has 2 heterocycles. The maximum Gasteiger partial charge on any atom is 0.178 e. The Bertz CT molecular complexity index is 595. The van der Waals surface area contributed by atoms with Crippen molar-refractivity contribution in [1.29, 1.82) is 0 Å². The molecule has 0 amide bonds. The number of nitrogens with zero attached hydrogens (tertiary/aromatic N) is 1. The van der Waals surface area contributed by atoms with E-state index in [0.717, 1.165) is 40.7 Å². The Morgan fingerprint density at radius 1 is 1.29 bits per heavy atom. The number of aromatic nitrogens is 2. The van der Waals surface area contributed by atoms with Gasteiger partial charge in [0.25, 0.3) is 0 Å². The first-order valence-electron chi connectivity index (χ1n) is 5.87. The highest BCUT2D eigenvalue weighted by molar-refractivity contribution is 9.10. The summed E-state index contributed by atoms with van der Waals surface area (Å²) in [5.74, 6) is 0. The van der Waals surface area contributed by atoms with Gasteiger partial charge in [0, 0.05) is 10.5 Å². The normalized spacial score (nSPS) is 17.7. The van der Waals surface area contributed by atoms with Crippen molar-refractivity contribution in [2.45, 2.75) is 18.9 Å². The lowest BCUT2D eigenvalue weighted by Gasteiger charge is -2.24. The Balaban J connectivity index is 2.18. The zero-order chi connectivity index (χ0) is 11.8. The van der Waals surface area contributed by atoms with Crippen LogP contribution in [0.25, 0.3) is 11.0 Å². The minimum absolute atomic E-state index is 0.520. The lowest BCUT2D eigenvalue weighted by atomic mass is 10.1. The number of aromatic amines is 1. The molecule has 3 nitrogen and oxygen atoms in total. The van der Waals surface area contributed by atoms with Crippen LogP contribution in [0.4, 0.5) is 0 Å². The van der Waals surface area contributed by atoms with E-state index in [-0.39, 0.29) is 0 Å². The molecule has 0 unspecified atom stereocenters. The molecule has 0 radical (unpaired) electrons. The summed E-state index contributed by atoms with van der Waals surface area (Å²) >= 11 is 9.02. The van der Waals surface area contributed by atoms with Crippen molar-refractivity contribution in [2.24, 2.45) is 0 Å². The van der Waals surface area contributed by atoms with Gasteiger partial charge in [-0.1, -0.05) is 6.07 Å². The average molecular weight is 312 g/mol. The van der Waals surface area contributed by atoms with Crippen LogP contribution in [0, 0.1) is 4.77 Å². The zero-order valence-electron chi connectivity index (χ0n) is 9.37. The van der Waals surface area contributed by atoms with Gasteiger partial charge in [0.2, 0.25) is 0 Å². The molecular formula is C12H14BrN3S. The monoisotopic (exact) mass is 311 g/mol. The van der Waals surface area contributed by atoms with Crippen molar-refractivity contribution in [2.75, 3.05) is 13.1 Å². The third-order valence-electron chi connectivity index (χ3n) is 3.38. The Morgan fingerprint density at radius 2 is 2.06 bits per heavy atom. The third-order valence-corrected chi connectivity index (χ3v) is 4.34. The highest BCUT2D eigenvalue weighted by Crippen LogP contribution is 2.28. The summed E-state index contributed by atoms with van der Waals surface area (Å²) in [7, 11) is 0. The minimum Gasteiger partial charge on any atom is -0.330 e. The first-order valence-corrected chi connectivity index (χ1v) is 7.07. The van der Waals surface area contributed by atoms with Crippen LogP contribution in [0.1, 0.15) is 18.9 Å². The number of para-hydroxylation sites is 1. The number of imidazole rings is 1. The predicted octanol–water partition coefficient (Wildman–Crippen LogP) is 3.39. The molecule has 1 aliphatic heterocycles. The van der Waals surface area contributed by atoms with Gasteiger partial charge >= 0.3 is 0 Å². The Labute approximate surface area is 113 Å². The largest absolute Gasteiger partial charge is 0.330 e. The van der Waals surface area contributed by atoms with E-state index in [9.17, 15) is 0 Å². The third kappa shape index (κ3) is 1.96. The van der Waals surface area contributed by atoms with Gasteiger partial charge in [0.05, 0.1) is 11.0 Å². The number of halogens is 1. The van der Waals surface area contributed by atoms with Crippen molar-refractivity contribution >= 4 is 39.2 Å². The lowest BCUT2D eigenvalue weighted by molar-refractivity contribution is 0.372. The summed E-state index contributed by atoms with van der Waals surface area (Å²) in [5.41, 5.74) is 2.31. The summed E-state index contributed by atoms with van der Waals surface area (Å²) in [4.78, 5) is 3.30. The molecule has 2 aromatic rings. The first-order chi connectivity index (χ1) is 8.27. The molecule has 0 saturated carbocycles. The second kappa shape index (κ2) is 4.55. The van der Waals surface area contributed by atoms with E-state index < -0.39 is 0 Å². The molecule has 1 aliphatic rings. The van der Waals surface area contributed by atoms with Gasteiger partial charge in [0.1, 0.15) is 0 Å². The second-order valence-corrected chi connectivity index (χ2v) is 5.66. The lowest BCUT2D eigenvalue weighted by Crippen LogP contribution is -2.29. The first kappa shape index (κ1) is 11.4. The summed E-state index contributed by atoms with van der Waals surface area (Å²) in [6, 6.07) is 6.76. The smallest absolute Gasteiger partial charge is 0.178 e. The highest BCUT2D eigenvalue weighted by atomic mass is 79.9. The van der Waals surface area contributed by atoms with Crippen LogP contribution in [0.15, 0.2) is 22.7 Å². The van der Waals surface area contributed by atoms with Crippen LogP contribution in [-0.2, 0) is 0 Å². The molecule has 0 aliphatic carbocycles. The van der Waals surface area contributed by atoms with Crippen LogP contribution >= 0.6 is 28.1 Å². The molecule has 1 saturated heterocycles. The van der Waals surface area contributed by atoms with Gasteiger partial charge in [-0.15, -0.1) is 0 Å². The van der Waals surface area contributed by atoms with E-state index >= 15 is 0 Å². The topological polar surface area (TPSA) is 32.8 Å². The average Bonchev–Trinajstić information content (AvgIpc) is 2.68. The van der Waals surface area contributed by atoms with Gasteiger partial charge in [-0.05, 0) is 66.2 Å². The predicted molar refractivity (Wildman–Crippen MR) is 76.0 cm³/mol. The molecular weight excluding hydrogens is 298 g/mol. The van der Waals surface area contributed by atoms with Crippen LogP contribution in [0.5, 0.6) is 0 Å². The number of rotatable bonds is 1. The fourth-order valence-electron chi connectivity index (χ4n) is 2.54. The number of nitrogens with one attached hydrogen (secondary N) is 2. The van der Waals surface area contributed by atoms with Crippen LogP contribution in [0.2, 0.25) is 0 Å². The number of benzene rings is 1. The molecule has 5 heteroatoms. The Kier molecular flexibility index (Phi) is 3.06. The fourth-order valence-corrected chi connectivity index (χ4v) is 3.35. The van der Waals surface area contributed by atoms with E-state index in [1.807, 2.05) is 6.07 Å². The molecule has 90 valence electrons. The number of fused-ring (bicyclic) bond motifs is 1. The molecule has 1 fully saturated rings. The van der Waals surface area contributed by atoms with Crippen molar-refractivity contribution in [3.8, 4) is 0 Å². The number of hydrogen-bond acceptors (Lipinski definition) is 2. The summed E-state index contributed by atoms with van der Waals surface area (Å²) in [6.07, 6.45) is 2.29. The van der Waals surface area contributed by atoms with Crippen LogP contribution < -0.4 is 5.32 Å². The van der Waals surface area contributed by atoms with E-state index in [1.165, 1.54) is 5.52 Å². The summed E-state index contributed by atoms with van der Waals surface area (Å²) < 4.78 is 4.18. The van der Waals surface area contributed by atoms with Gasteiger partial charge in [-0.3, -0.25) is 0 Å². The maximum absolute atomic E-state index is 5.46. The van der Waals surface area contributed by atoms with Gasteiger partial charge in [0.15, 0.2) is 4.77 Å². The van der Waals surface area contributed by atoms with Gasteiger partial charge in [-0.25, -0.2) is 0 Å². The second-order valence-electron chi connectivity index (χ2n) is 4.42. The zero-order valence-corrected chi connectivity index (χ0v) is 11.8. The van der Waals surface area contributed by atoms with Gasteiger partial charge in [-0.2, -0.15) is 0 Å². The van der Waals surface area contributed by atoms with Crippen molar-refractivity contribution in [1.82, 2.24) is 14.9 Å². The molecule has 17 heavy (non-hydrogen) atoms. The van der Waals surface area contributed by atoms with E-state index in [0.29, 0.717) is 6.04 Å². The number of H-pyrrole nitrogens is 1. The Morgan fingerprint density at radius 3 is 2.82 bits per heavy atom. The minimum atomic E-state index is 0.520. The molecule has 2 N–H and O–H groups in total. The maximum atomic E-state index is 5.46. The molecule has 0 atom stereocenters. The van der Waals surface area contributed by atoms with Crippen molar-refractivity contribution in [3.05, 3.63) is 27.4 Å². The summed E-state index contributed by atoms with van der Waals surface area (Å²) in [5, 5.41) is 3.39. The quantitative estimate of drug-likeness (QED) is 0.791. The number of piperidine rings is 1. The fraction of sp³-hybridized carbons (Fsp3) is 0.417. The molecule has 3 rings (SSSR count). The standard InChI is InChI=1S/C12H14BrN3S/c13-9-2-1-3-10-11(9)15-12(17)16(10)8-4-6-14-7-5-8/h1-3,8,14H,4-7H2,(H,15,17). The van der Waals surface area contributed by atoms with E-state index in [4.69, 9.17) is 12.2 Å². The highest BCUT2D eigenvalue weighted by Gasteiger charge is 2.18. The molecule has 0 spiro atoms. The molecule has 0 bridgehead atoms. The van der Waals surface area contributed by atoms with Crippen LogP contribution in [0.3, 0.4) is 0 Å². The van der Waals surface area contributed by atoms with Gasteiger partial charge < -0.3 is 14.9 Å². The van der Waals surface area contributed by atoms with E-state index in [1.54, 1.807) is 0 Å². The van der Waals surface area contributed by atoms with Crippen LogP contribution in [-0.4, -0.2) is 22.6 Å². The van der Waals surface area contributed by atoms with Crippen molar-refractivity contribution in [3.63, 3.8) is 0 Å². The number of hydrogen-bond donors (Lipinski definition) is 2. The Hall–Kier alpha value is -0.650. The molecule has 1 aromatic heterocycles. The van der Waals surface area contributed by atoms with E-state index in [2.05, 4.69) is 42.9 Å². The van der Waals surface area contributed by atoms with Crippen molar-refractivity contribution < 1.29 is 0 Å². The summed E-state index contributed by atoms with van der Waals surface area (Å²) in [6.45, 7) is 2.15. The molecule has 1 aromatic carbocycles.